The molecule has 5 nitrogen and oxygen atoms in total. The lowest BCUT2D eigenvalue weighted by Gasteiger charge is -1.99. The maximum atomic E-state index is 11.8. The highest BCUT2D eigenvalue weighted by Gasteiger charge is 2.10. The molecule has 3 N–H and O–H groups in total. The molecule has 0 fully saturated rings. The SMILES string of the molecule is CCc1cnc(CNC(=O)c2csc(CN)n2)s1. The monoisotopic (exact) mass is 282 g/mol. The number of amides is 1. The second-order valence-electron chi connectivity index (χ2n) is 3.59. The van der Waals surface area contributed by atoms with Crippen molar-refractivity contribution in [3.63, 3.8) is 0 Å². The van der Waals surface area contributed by atoms with Crippen molar-refractivity contribution < 1.29 is 4.79 Å². The van der Waals surface area contributed by atoms with Gasteiger partial charge in [-0.05, 0) is 6.42 Å². The molecule has 0 spiro atoms. The molecule has 96 valence electrons. The first kappa shape index (κ1) is 13.1. The van der Waals surface area contributed by atoms with Crippen LogP contribution in [0.25, 0.3) is 0 Å². The predicted molar refractivity (Wildman–Crippen MR) is 72.7 cm³/mol. The van der Waals surface area contributed by atoms with Crippen molar-refractivity contribution in [1.82, 2.24) is 15.3 Å². The van der Waals surface area contributed by atoms with Crippen molar-refractivity contribution in [2.45, 2.75) is 26.4 Å². The maximum absolute atomic E-state index is 11.8. The van der Waals surface area contributed by atoms with Crippen molar-refractivity contribution in [3.05, 3.63) is 32.2 Å². The third-order valence-electron chi connectivity index (χ3n) is 2.31. The summed E-state index contributed by atoms with van der Waals surface area (Å²) in [6, 6.07) is 0. The number of rotatable bonds is 5. The number of hydrogen-bond acceptors (Lipinski definition) is 6. The highest BCUT2D eigenvalue weighted by molar-refractivity contribution is 7.11. The molecule has 18 heavy (non-hydrogen) atoms. The summed E-state index contributed by atoms with van der Waals surface area (Å²) in [6.07, 6.45) is 2.82. The number of thiazole rings is 2. The fourth-order valence-electron chi connectivity index (χ4n) is 1.35. The minimum absolute atomic E-state index is 0.181. The van der Waals surface area contributed by atoms with E-state index in [1.54, 1.807) is 16.7 Å². The smallest absolute Gasteiger partial charge is 0.271 e. The van der Waals surface area contributed by atoms with Crippen molar-refractivity contribution in [3.8, 4) is 0 Å². The van der Waals surface area contributed by atoms with Crippen molar-refractivity contribution in [2.24, 2.45) is 5.73 Å². The standard InChI is InChI=1S/C11H14N4OS2/c1-2-7-4-13-10(18-7)5-14-11(16)8-6-17-9(3-12)15-8/h4,6H,2-3,5,12H2,1H3,(H,14,16). The fourth-order valence-corrected chi connectivity index (χ4v) is 2.81. The lowest BCUT2D eigenvalue weighted by atomic mass is 10.4. The Labute approximate surface area is 113 Å². The molecular weight excluding hydrogens is 268 g/mol. The van der Waals surface area contributed by atoms with Gasteiger partial charge in [-0.15, -0.1) is 22.7 Å². The molecule has 0 atom stereocenters. The van der Waals surface area contributed by atoms with E-state index in [4.69, 9.17) is 5.73 Å². The summed E-state index contributed by atoms with van der Waals surface area (Å²) in [5.41, 5.74) is 5.88. The van der Waals surface area contributed by atoms with E-state index in [-0.39, 0.29) is 5.91 Å². The van der Waals surface area contributed by atoms with E-state index in [2.05, 4.69) is 22.2 Å². The molecule has 0 aliphatic rings. The third kappa shape index (κ3) is 3.12. The van der Waals surface area contributed by atoms with Crippen molar-refractivity contribution in [2.75, 3.05) is 0 Å². The average Bonchev–Trinajstić information content (AvgIpc) is 3.04. The quantitative estimate of drug-likeness (QED) is 0.872. The summed E-state index contributed by atoms with van der Waals surface area (Å²) in [4.78, 5) is 21.4. The molecule has 0 aromatic carbocycles. The van der Waals surface area contributed by atoms with Crippen LogP contribution < -0.4 is 11.1 Å². The Hall–Kier alpha value is -1.31. The fraction of sp³-hybridized carbons (Fsp3) is 0.364. The number of carbonyl (C=O) groups excluding carboxylic acids is 1. The van der Waals surface area contributed by atoms with Crippen LogP contribution in [0.3, 0.4) is 0 Å². The van der Waals surface area contributed by atoms with Gasteiger partial charge in [-0.1, -0.05) is 6.92 Å². The van der Waals surface area contributed by atoms with Gasteiger partial charge in [0, 0.05) is 23.0 Å². The molecule has 0 aliphatic heterocycles. The largest absolute Gasteiger partial charge is 0.344 e. The molecule has 1 amide bonds. The highest BCUT2D eigenvalue weighted by Crippen LogP contribution is 2.13. The number of aromatic nitrogens is 2. The van der Waals surface area contributed by atoms with E-state index in [0.29, 0.717) is 18.8 Å². The third-order valence-corrected chi connectivity index (χ3v) is 4.32. The summed E-state index contributed by atoms with van der Waals surface area (Å²) in [7, 11) is 0. The summed E-state index contributed by atoms with van der Waals surface area (Å²) >= 11 is 3.01. The van der Waals surface area contributed by atoms with E-state index >= 15 is 0 Å². The molecule has 0 saturated heterocycles. The lowest BCUT2D eigenvalue weighted by molar-refractivity contribution is 0.0946. The van der Waals surface area contributed by atoms with Crippen LogP contribution in [0.1, 0.15) is 32.3 Å². The van der Waals surface area contributed by atoms with Gasteiger partial charge in [-0.25, -0.2) is 9.97 Å². The van der Waals surface area contributed by atoms with Gasteiger partial charge < -0.3 is 11.1 Å². The number of hydrogen-bond donors (Lipinski definition) is 2. The van der Waals surface area contributed by atoms with Gasteiger partial charge in [-0.3, -0.25) is 4.79 Å². The Balaban J connectivity index is 1.91. The Morgan fingerprint density at radius 2 is 2.33 bits per heavy atom. The molecule has 2 heterocycles. The molecule has 0 bridgehead atoms. The van der Waals surface area contributed by atoms with Crippen molar-refractivity contribution in [1.29, 1.82) is 0 Å². The van der Waals surface area contributed by atoms with Crippen LogP contribution in [0, 0.1) is 0 Å². The molecule has 0 unspecified atom stereocenters. The van der Waals surface area contributed by atoms with Crippen LogP contribution in [0.5, 0.6) is 0 Å². The number of nitrogens with zero attached hydrogens (tertiary/aromatic N) is 2. The van der Waals surface area contributed by atoms with E-state index in [1.807, 2.05) is 6.20 Å². The molecular formula is C11H14N4OS2. The molecule has 7 heteroatoms. The van der Waals surface area contributed by atoms with Gasteiger partial charge in [0.05, 0.1) is 6.54 Å². The zero-order chi connectivity index (χ0) is 13.0. The topological polar surface area (TPSA) is 80.9 Å². The zero-order valence-corrected chi connectivity index (χ0v) is 11.6. The Bertz CT molecular complexity index is 535. The minimum Gasteiger partial charge on any atom is -0.344 e. The summed E-state index contributed by atoms with van der Waals surface area (Å²) < 4.78 is 0. The molecule has 0 radical (unpaired) electrons. The van der Waals surface area contributed by atoms with Crippen LogP contribution in [-0.4, -0.2) is 15.9 Å². The van der Waals surface area contributed by atoms with Gasteiger partial charge in [0.1, 0.15) is 15.7 Å². The molecule has 0 saturated carbocycles. The first-order chi connectivity index (χ1) is 8.72. The second kappa shape index (κ2) is 6.03. The van der Waals surface area contributed by atoms with Gasteiger partial charge in [0.15, 0.2) is 0 Å². The normalized spacial score (nSPS) is 10.6. The highest BCUT2D eigenvalue weighted by atomic mass is 32.1. The van der Waals surface area contributed by atoms with Gasteiger partial charge >= 0.3 is 0 Å². The van der Waals surface area contributed by atoms with E-state index in [1.165, 1.54) is 16.2 Å². The molecule has 2 rings (SSSR count). The van der Waals surface area contributed by atoms with E-state index in [0.717, 1.165) is 16.4 Å². The first-order valence-electron chi connectivity index (χ1n) is 5.59. The van der Waals surface area contributed by atoms with Crippen LogP contribution in [0.2, 0.25) is 0 Å². The molecule has 2 aromatic rings. The van der Waals surface area contributed by atoms with Crippen LogP contribution in [0.4, 0.5) is 0 Å². The van der Waals surface area contributed by atoms with Crippen molar-refractivity contribution >= 4 is 28.6 Å². The zero-order valence-electron chi connectivity index (χ0n) is 9.97. The lowest BCUT2D eigenvalue weighted by Crippen LogP contribution is -2.23. The van der Waals surface area contributed by atoms with E-state index < -0.39 is 0 Å². The van der Waals surface area contributed by atoms with E-state index in [9.17, 15) is 4.79 Å². The summed E-state index contributed by atoms with van der Waals surface area (Å²) in [5.74, 6) is -0.181. The Kier molecular flexibility index (Phi) is 4.40. The summed E-state index contributed by atoms with van der Waals surface area (Å²) in [5, 5.41) is 6.20. The Morgan fingerprint density at radius 1 is 1.50 bits per heavy atom. The number of carbonyl (C=O) groups is 1. The minimum atomic E-state index is -0.181. The number of nitrogens with two attached hydrogens (primary N) is 1. The summed E-state index contributed by atoms with van der Waals surface area (Å²) in [6.45, 7) is 2.89. The van der Waals surface area contributed by atoms with Crippen LogP contribution >= 0.6 is 22.7 Å². The number of nitrogens with one attached hydrogen (secondary N) is 1. The molecule has 0 aliphatic carbocycles. The average molecular weight is 282 g/mol. The van der Waals surface area contributed by atoms with Crippen LogP contribution in [-0.2, 0) is 19.5 Å². The predicted octanol–water partition coefficient (Wildman–Crippen LogP) is 1.55. The number of aryl methyl sites for hydroxylation is 1. The second-order valence-corrected chi connectivity index (χ2v) is 5.73. The maximum Gasteiger partial charge on any atom is 0.271 e. The van der Waals surface area contributed by atoms with Gasteiger partial charge in [0.25, 0.3) is 5.91 Å². The Morgan fingerprint density at radius 3 is 2.94 bits per heavy atom. The molecule has 2 aromatic heterocycles. The van der Waals surface area contributed by atoms with Gasteiger partial charge in [0.2, 0.25) is 0 Å². The first-order valence-corrected chi connectivity index (χ1v) is 7.28. The van der Waals surface area contributed by atoms with Gasteiger partial charge in [-0.2, -0.15) is 0 Å². The van der Waals surface area contributed by atoms with Crippen LogP contribution in [0.15, 0.2) is 11.6 Å².